The van der Waals surface area contributed by atoms with Gasteiger partial charge in [0.05, 0.1) is 18.8 Å². The van der Waals surface area contributed by atoms with Gasteiger partial charge in [0.1, 0.15) is 0 Å². The molecule has 0 atom stereocenters. The molecule has 19 heavy (non-hydrogen) atoms. The van der Waals surface area contributed by atoms with Gasteiger partial charge in [-0.2, -0.15) is 0 Å². The lowest BCUT2D eigenvalue weighted by molar-refractivity contribution is -0.107. The lowest BCUT2D eigenvalue weighted by atomic mass is 9.99. The van der Waals surface area contributed by atoms with Crippen molar-refractivity contribution in [3.05, 3.63) is 35.4 Å². The molecule has 1 saturated carbocycles. The van der Waals surface area contributed by atoms with Gasteiger partial charge in [-0.05, 0) is 24.0 Å². The Hall–Kier alpha value is -0.900. The predicted octanol–water partition coefficient (Wildman–Crippen LogP) is 2.32. The van der Waals surface area contributed by atoms with E-state index in [4.69, 9.17) is 9.84 Å². The van der Waals surface area contributed by atoms with Crippen molar-refractivity contribution >= 4 is 0 Å². The zero-order valence-corrected chi connectivity index (χ0v) is 11.5. The molecule has 2 aliphatic rings. The summed E-state index contributed by atoms with van der Waals surface area (Å²) in [4.78, 5) is 2.52. The largest absolute Gasteiger partial charge is 0.392 e. The van der Waals surface area contributed by atoms with Crippen LogP contribution in [0.4, 0.5) is 0 Å². The van der Waals surface area contributed by atoms with Crippen LogP contribution in [0.15, 0.2) is 24.3 Å². The highest BCUT2D eigenvalue weighted by Crippen LogP contribution is 2.36. The van der Waals surface area contributed by atoms with E-state index >= 15 is 0 Å². The van der Waals surface area contributed by atoms with Crippen LogP contribution in [0, 0.1) is 0 Å². The van der Waals surface area contributed by atoms with Crippen LogP contribution in [-0.4, -0.2) is 35.3 Å². The Balaban J connectivity index is 1.62. The molecule has 3 heteroatoms. The SMILES string of the molecule is OCc1ccc(CN2CCOC3(CCCC3)C2)cc1. The van der Waals surface area contributed by atoms with E-state index < -0.39 is 0 Å². The lowest BCUT2D eigenvalue weighted by Gasteiger charge is -2.40. The van der Waals surface area contributed by atoms with Crippen LogP contribution in [0.1, 0.15) is 36.8 Å². The Bertz CT molecular complexity index is 409. The van der Waals surface area contributed by atoms with E-state index in [0.717, 1.165) is 31.8 Å². The van der Waals surface area contributed by atoms with Crippen molar-refractivity contribution in [3.63, 3.8) is 0 Å². The average molecular weight is 261 g/mol. The minimum Gasteiger partial charge on any atom is -0.392 e. The first-order valence-electron chi connectivity index (χ1n) is 7.35. The molecule has 0 unspecified atom stereocenters. The molecule has 0 amide bonds. The van der Waals surface area contributed by atoms with Gasteiger partial charge >= 0.3 is 0 Å². The second-order valence-electron chi connectivity index (χ2n) is 5.92. The second-order valence-corrected chi connectivity index (χ2v) is 5.92. The molecule has 1 heterocycles. The highest BCUT2D eigenvalue weighted by molar-refractivity contribution is 5.22. The zero-order valence-electron chi connectivity index (χ0n) is 11.5. The predicted molar refractivity (Wildman–Crippen MR) is 74.8 cm³/mol. The van der Waals surface area contributed by atoms with Crippen LogP contribution < -0.4 is 0 Å². The van der Waals surface area contributed by atoms with Gasteiger partial charge in [-0.1, -0.05) is 37.1 Å². The van der Waals surface area contributed by atoms with Gasteiger partial charge < -0.3 is 9.84 Å². The third kappa shape index (κ3) is 2.99. The summed E-state index contributed by atoms with van der Waals surface area (Å²) < 4.78 is 6.06. The zero-order chi connectivity index (χ0) is 13.1. The summed E-state index contributed by atoms with van der Waals surface area (Å²) in [5.41, 5.74) is 2.47. The number of aliphatic hydroxyl groups is 1. The number of rotatable bonds is 3. The molecule has 3 rings (SSSR count). The molecular weight excluding hydrogens is 238 g/mol. The molecule has 2 fully saturated rings. The van der Waals surface area contributed by atoms with Crippen LogP contribution >= 0.6 is 0 Å². The van der Waals surface area contributed by atoms with Crippen LogP contribution in [0.2, 0.25) is 0 Å². The number of hydrogen-bond donors (Lipinski definition) is 1. The Labute approximate surface area is 115 Å². The number of aliphatic hydroxyl groups excluding tert-OH is 1. The smallest absolute Gasteiger partial charge is 0.0809 e. The maximum absolute atomic E-state index is 9.06. The van der Waals surface area contributed by atoms with Crippen molar-refractivity contribution in [1.82, 2.24) is 4.90 Å². The van der Waals surface area contributed by atoms with Crippen molar-refractivity contribution in [2.75, 3.05) is 19.7 Å². The Kier molecular flexibility index (Phi) is 3.87. The fourth-order valence-corrected chi connectivity index (χ4v) is 3.39. The molecule has 1 aromatic rings. The van der Waals surface area contributed by atoms with Gasteiger partial charge in [0.15, 0.2) is 0 Å². The van der Waals surface area contributed by atoms with Gasteiger partial charge in [-0.15, -0.1) is 0 Å². The van der Waals surface area contributed by atoms with Crippen molar-refractivity contribution < 1.29 is 9.84 Å². The summed E-state index contributed by atoms with van der Waals surface area (Å²) in [6.07, 6.45) is 5.10. The molecule has 1 saturated heterocycles. The van der Waals surface area contributed by atoms with E-state index in [1.807, 2.05) is 12.1 Å². The fraction of sp³-hybridized carbons (Fsp3) is 0.625. The molecule has 3 nitrogen and oxygen atoms in total. The topological polar surface area (TPSA) is 32.7 Å². The molecule has 0 bridgehead atoms. The monoisotopic (exact) mass is 261 g/mol. The quantitative estimate of drug-likeness (QED) is 0.906. The average Bonchev–Trinajstić information content (AvgIpc) is 2.88. The minimum atomic E-state index is 0.126. The Morgan fingerprint density at radius 2 is 1.79 bits per heavy atom. The third-order valence-corrected chi connectivity index (χ3v) is 4.45. The van der Waals surface area contributed by atoms with Crippen molar-refractivity contribution in [2.24, 2.45) is 0 Å². The van der Waals surface area contributed by atoms with Crippen molar-refractivity contribution in [3.8, 4) is 0 Å². The summed E-state index contributed by atoms with van der Waals surface area (Å²) in [7, 11) is 0. The standard InChI is InChI=1S/C16H23NO2/c18-12-15-5-3-14(4-6-15)11-17-9-10-19-16(13-17)7-1-2-8-16/h3-6,18H,1-2,7-13H2. The summed E-state index contributed by atoms with van der Waals surface area (Å²) in [6, 6.07) is 8.28. The fourth-order valence-electron chi connectivity index (χ4n) is 3.39. The molecule has 0 aromatic heterocycles. The van der Waals surface area contributed by atoms with Gasteiger partial charge in [-0.25, -0.2) is 0 Å². The third-order valence-electron chi connectivity index (χ3n) is 4.45. The number of benzene rings is 1. The molecule has 104 valence electrons. The van der Waals surface area contributed by atoms with Gasteiger partial charge in [0.25, 0.3) is 0 Å². The number of morpholine rings is 1. The normalized spacial score (nSPS) is 23.0. The Morgan fingerprint density at radius 1 is 1.11 bits per heavy atom. The van der Waals surface area contributed by atoms with E-state index in [0.29, 0.717) is 0 Å². The van der Waals surface area contributed by atoms with E-state index in [2.05, 4.69) is 17.0 Å². The second kappa shape index (κ2) is 5.61. The van der Waals surface area contributed by atoms with Crippen LogP contribution in [0.3, 0.4) is 0 Å². The van der Waals surface area contributed by atoms with E-state index in [1.165, 1.54) is 31.2 Å². The molecule has 1 aliphatic carbocycles. The Morgan fingerprint density at radius 3 is 2.47 bits per heavy atom. The highest BCUT2D eigenvalue weighted by Gasteiger charge is 2.38. The lowest BCUT2D eigenvalue weighted by Crippen LogP contribution is -2.49. The van der Waals surface area contributed by atoms with Gasteiger partial charge in [0, 0.05) is 19.6 Å². The molecule has 0 radical (unpaired) electrons. The first-order chi connectivity index (χ1) is 9.30. The van der Waals surface area contributed by atoms with Crippen LogP contribution in [-0.2, 0) is 17.9 Å². The summed E-state index contributed by atoms with van der Waals surface area (Å²) >= 11 is 0. The van der Waals surface area contributed by atoms with Crippen molar-refractivity contribution in [2.45, 2.75) is 44.4 Å². The molecule has 1 aromatic carbocycles. The molecule has 1 aliphatic heterocycles. The van der Waals surface area contributed by atoms with E-state index in [9.17, 15) is 0 Å². The van der Waals surface area contributed by atoms with E-state index in [1.54, 1.807) is 0 Å². The first kappa shape index (κ1) is 13.1. The van der Waals surface area contributed by atoms with Gasteiger partial charge in [0.2, 0.25) is 0 Å². The maximum Gasteiger partial charge on any atom is 0.0809 e. The number of nitrogens with zero attached hydrogens (tertiary/aromatic N) is 1. The van der Waals surface area contributed by atoms with Crippen molar-refractivity contribution in [1.29, 1.82) is 0 Å². The van der Waals surface area contributed by atoms with Crippen LogP contribution in [0.25, 0.3) is 0 Å². The van der Waals surface area contributed by atoms with E-state index in [-0.39, 0.29) is 12.2 Å². The number of hydrogen-bond acceptors (Lipinski definition) is 3. The maximum atomic E-state index is 9.06. The highest BCUT2D eigenvalue weighted by atomic mass is 16.5. The van der Waals surface area contributed by atoms with Gasteiger partial charge in [-0.3, -0.25) is 4.90 Å². The minimum absolute atomic E-state index is 0.126. The summed E-state index contributed by atoms with van der Waals surface area (Å²) in [5, 5.41) is 9.06. The first-order valence-corrected chi connectivity index (χ1v) is 7.35. The summed E-state index contributed by atoms with van der Waals surface area (Å²) in [6.45, 7) is 4.10. The van der Waals surface area contributed by atoms with Crippen LogP contribution in [0.5, 0.6) is 0 Å². The molecule has 1 spiro atoms. The number of ether oxygens (including phenoxy) is 1. The molecular formula is C16H23NO2. The summed E-state index contributed by atoms with van der Waals surface area (Å²) in [5.74, 6) is 0. The molecule has 1 N–H and O–H groups in total.